The molecule has 1 aliphatic heterocycles. The minimum absolute atomic E-state index is 0.0475. The summed E-state index contributed by atoms with van der Waals surface area (Å²) in [7, 11) is 0. The number of hydrogen-bond acceptors (Lipinski definition) is 3. The Bertz CT molecular complexity index is 613. The van der Waals surface area contributed by atoms with Crippen LogP contribution in [0.25, 0.3) is 0 Å². The van der Waals surface area contributed by atoms with E-state index in [4.69, 9.17) is 4.74 Å². The van der Waals surface area contributed by atoms with Crippen LogP contribution in [-0.4, -0.2) is 48.7 Å². The highest BCUT2D eigenvalue weighted by Gasteiger charge is 2.25. The summed E-state index contributed by atoms with van der Waals surface area (Å²) >= 11 is 0. The topological polar surface area (TPSA) is 70.7 Å². The van der Waals surface area contributed by atoms with Crippen molar-refractivity contribution in [2.45, 2.75) is 38.8 Å². The summed E-state index contributed by atoms with van der Waals surface area (Å²) in [6, 6.07) is 5.56. The number of carbonyl (C=O) groups excluding carboxylic acids is 2. The minimum Gasteiger partial charge on any atom is -0.375 e. The van der Waals surface area contributed by atoms with Crippen LogP contribution >= 0.6 is 0 Å². The zero-order valence-electron chi connectivity index (χ0n) is 13.6. The van der Waals surface area contributed by atoms with E-state index in [-0.39, 0.29) is 18.0 Å². The van der Waals surface area contributed by atoms with E-state index in [9.17, 15) is 9.59 Å². The highest BCUT2D eigenvalue weighted by molar-refractivity contribution is 5.97. The van der Waals surface area contributed by atoms with Crippen molar-refractivity contribution in [3.8, 4) is 0 Å². The van der Waals surface area contributed by atoms with E-state index in [1.807, 2.05) is 19.9 Å². The van der Waals surface area contributed by atoms with Gasteiger partial charge in [0, 0.05) is 30.4 Å². The van der Waals surface area contributed by atoms with Gasteiger partial charge in [-0.3, -0.25) is 4.79 Å². The smallest absolute Gasteiger partial charge is 0.322 e. The second-order valence-electron chi connectivity index (χ2n) is 6.34. The Kier molecular flexibility index (Phi) is 4.52. The fourth-order valence-electron chi connectivity index (χ4n) is 2.59. The van der Waals surface area contributed by atoms with Crippen LogP contribution in [0.5, 0.6) is 0 Å². The van der Waals surface area contributed by atoms with Crippen LogP contribution in [0.15, 0.2) is 18.2 Å². The summed E-state index contributed by atoms with van der Waals surface area (Å²) in [5, 5.41) is 5.88. The zero-order valence-corrected chi connectivity index (χ0v) is 13.6. The summed E-state index contributed by atoms with van der Waals surface area (Å²) in [6.45, 7) is 5.58. The second-order valence-corrected chi connectivity index (χ2v) is 6.34. The quantitative estimate of drug-likeness (QED) is 0.897. The highest BCUT2D eigenvalue weighted by atomic mass is 16.5. The Morgan fingerprint density at radius 1 is 1.30 bits per heavy atom. The number of anilines is 1. The molecule has 1 aromatic carbocycles. The molecule has 3 rings (SSSR count). The number of carbonyl (C=O) groups is 2. The number of urea groups is 1. The number of aryl methyl sites for hydroxylation is 1. The Morgan fingerprint density at radius 2 is 2.09 bits per heavy atom. The molecule has 1 aliphatic carbocycles. The van der Waals surface area contributed by atoms with Crippen molar-refractivity contribution < 1.29 is 14.3 Å². The lowest BCUT2D eigenvalue weighted by Crippen LogP contribution is -2.46. The Labute approximate surface area is 136 Å². The molecule has 23 heavy (non-hydrogen) atoms. The maximum absolute atomic E-state index is 12.4. The van der Waals surface area contributed by atoms with Gasteiger partial charge in [0.1, 0.15) is 0 Å². The third kappa shape index (κ3) is 4.01. The van der Waals surface area contributed by atoms with E-state index in [1.165, 1.54) is 0 Å². The van der Waals surface area contributed by atoms with Gasteiger partial charge in [0.25, 0.3) is 5.91 Å². The number of nitrogens with one attached hydrogen (secondary N) is 2. The van der Waals surface area contributed by atoms with Crippen LogP contribution in [0, 0.1) is 6.92 Å². The average Bonchev–Trinajstić information content (AvgIpc) is 3.33. The number of hydrogen-bond donors (Lipinski definition) is 2. The third-order valence-electron chi connectivity index (χ3n) is 4.18. The lowest BCUT2D eigenvalue weighted by Gasteiger charge is -2.31. The average molecular weight is 317 g/mol. The first kappa shape index (κ1) is 15.8. The molecule has 0 aromatic heterocycles. The van der Waals surface area contributed by atoms with Gasteiger partial charge in [-0.25, -0.2) is 4.79 Å². The van der Waals surface area contributed by atoms with Crippen molar-refractivity contribution in [1.82, 2.24) is 10.2 Å². The number of amides is 3. The molecule has 3 amide bonds. The van der Waals surface area contributed by atoms with Crippen molar-refractivity contribution >= 4 is 17.6 Å². The predicted molar refractivity (Wildman–Crippen MR) is 87.7 cm³/mol. The maximum Gasteiger partial charge on any atom is 0.322 e. The predicted octanol–water partition coefficient (Wildman–Crippen LogP) is 2.14. The number of ether oxygens (including phenoxy) is 1. The van der Waals surface area contributed by atoms with Gasteiger partial charge in [0.2, 0.25) is 0 Å². The number of rotatable bonds is 3. The van der Waals surface area contributed by atoms with Crippen molar-refractivity contribution in [3.05, 3.63) is 29.3 Å². The van der Waals surface area contributed by atoms with Gasteiger partial charge in [-0.2, -0.15) is 0 Å². The summed E-state index contributed by atoms with van der Waals surface area (Å²) < 4.78 is 5.45. The molecule has 6 nitrogen and oxygen atoms in total. The monoisotopic (exact) mass is 317 g/mol. The van der Waals surface area contributed by atoms with E-state index < -0.39 is 0 Å². The van der Waals surface area contributed by atoms with Crippen LogP contribution in [0.4, 0.5) is 10.5 Å². The molecule has 2 N–H and O–H groups in total. The van der Waals surface area contributed by atoms with Gasteiger partial charge in [-0.05, 0) is 44.4 Å². The normalized spacial score (nSPS) is 21.0. The minimum atomic E-state index is -0.150. The van der Waals surface area contributed by atoms with Gasteiger partial charge in [0.05, 0.1) is 12.7 Å². The van der Waals surface area contributed by atoms with Crippen molar-refractivity contribution in [3.63, 3.8) is 0 Å². The molecule has 0 spiro atoms. The lowest BCUT2D eigenvalue weighted by molar-refractivity contribution is -0.00138. The van der Waals surface area contributed by atoms with E-state index in [0.717, 1.165) is 18.4 Å². The zero-order chi connectivity index (χ0) is 16.4. The highest BCUT2D eigenvalue weighted by Crippen LogP contribution is 2.21. The largest absolute Gasteiger partial charge is 0.375 e. The van der Waals surface area contributed by atoms with Crippen molar-refractivity contribution in [2.24, 2.45) is 0 Å². The van der Waals surface area contributed by atoms with Crippen LogP contribution < -0.4 is 10.6 Å². The van der Waals surface area contributed by atoms with Crippen LogP contribution in [-0.2, 0) is 4.74 Å². The molecular weight excluding hydrogens is 294 g/mol. The second kappa shape index (κ2) is 6.58. The van der Waals surface area contributed by atoms with Gasteiger partial charge in [0.15, 0.2) is 0 Å². The van der Waals surface area contributed by atoms with Crippen LogP contribution in [0.1, 0.15) is 35.7 Å². The van der Waals surface area contributed by atoms with E-state index in [0.29, 0.717) is 37.0 Å². The van der Waals surface area contributed by atoms with Crippen molar-refractivity contribution in [2.75, 3.05) is 25.0 Å². The molecule has 2 fully saturated rings. The first-order valence-corrected chi connectivity index (χ1v) is 8.12. The lowest BCUT2D eigenvalue weighted by atomic mass is 10.1. The Morgan fingerprint density at radius 3 is 2.78 bits per heavy atom. The summed E-state index contributed by atoms with van der Waals surface area (Å²) in [5.74, 6) is -0.0806. The summed E-state index contributed by atoms with van der Waals surface area (Å²) in [6.07, 6.45) is 2.15. The molecule has 1 heterocycles. The number of benzene rings is 1. The molecule has 6 heteroatoms. The number of morpholine rings is 1. The molecule has 1 unspecified atom stereocenters. The molecule has 1 saturated carbocycles. The molecular formula is C17H23N3O3. The summed E-state index contributed by atoms with van der Waals surface area (Å²) in [4.78, 5) is 26.3. The van der Waals surface area contributed by atoms with Gasteiger partial charge in [-0.15, -0.1) is 0 Å². The van der Waals surface area contributed by atoms with Crippen LogP contribution in [0.2, 0.25) is 0 Å². The molecule has 1 saturated heterocycles. The van der Waals surface area contributed by atoms with Gasteiger partial charge >= 0.3 is 6.03 Å². The molecule has 0 radical (unpaired) electrons. The summed E-state index contributed by atoms with van der Waals surface area (Å²) in [5.41, 5.74) is 2.19. The van der Waals surface area contributed by atoms with Crippen LogP contribution in [0.3, 0.4) is 0 Å². The SMILES string of the molecule is Cc1ccc(C(=O)NC2CC2)cc1NC(=O)N1CCOC(C)C1. The molecule has 2 aliphatic rings. The van der Waals surface area contributed by atoms with Gasteiger partial charge < -0.3 is 20.3 Å². The Balaban J connectivity index is 1.68. The molecule has 1 aromatic rings. The van der Waals surface area contributed by atoms with Gasteiger partial charge in [-0.1, -0.05) is 6.07 Å². The molecule has 1 atom stereocenters. The maximum atomic E-state index is 12.4. The standard InChI is InChI=1S/C17H23N3O3/c1-11-3-4-13(16(21)18-14-5-6-14)9-15(11)19-17(22)20-7-8-23-12(2)10-20/h3-4,9,12,14H,5-8,10H2,1-2H3,(H,18,21)(H,19,22). The first-order valence-electron chi connectivity index (χ1n) is 8.12. The van der Waals surface area contributed by atoms with E-state index >= 15 is 0 Å². The van der Waals surface area contributed by atoms with E-state index in [1.54, 1.807) is 17.0 Å². The first-order chi connectivity index (χ1) is 11.0. The Hall–Kier alpha value is -2.08. The number of nitrogens with zero attached hydrogens (tertiary/aromatic N) is 1. The fourth-order valence-corrected chi connectivity index (χ4v) is 2.59. The van der Waals surface area contributed by atoms with Crippen molar-refractivity contribution in [1.29, 1.82) is 0 Å². The molecule has 0 bridgehead atoms. The molecule has 124 valence electrons. The fraction of sp³-hybridized carbons (Fsp3) is 0.529. The third-order valence-corrected chi connectivity index (χ3v) is 4.18. The van der Waals surface area contributed by atoms with E-state index in [2.05, 4.69) is 10.6 Å².